The van der Waals surface area contributed by atoms with E-state index in [4.69, 9.17) is 10.5 Å². The molecule has 4 heteroatoms. The highest BCUT2D eigenvalue weighted by atomic mass is 79.9. The molecule has 2 N–H and O–H groups in total. The largest absolute Gasteiger partial charge is 0.489 e. The van der Waals surface area contributed by atoms with Gasteiger partial charge in [0.25, 0.3) is 0 Å². The molecule has 0 atom stereocenters. The van der Waals surface area contributed by atoms with E-state index in [-0.39, 0.29) is 17.3 Å². The van der Waals surface area contributed by atoms with Crippen LogP contribution >= 0.6 is 15.9 Å². The first kappa shape index (κ1) is 15.3. The van der Waals surface area contributed by atoms with Crippen LogP contribution in [-0.2, 0) is 5.41 Å². The molecule has 0 spiro atoms. The molecule has 2 nitrogen and oxygen atoms in total. The average molecular weight is 356 g/mol. The Morgan fingerprint density at radius 1 is 1.19 bits per heavy atom. The van der Waals surface area contributed by atoms with Crippen molar-refractivity contribution >= 4 is 15.9 Å². The van der Waals surface area contributed by atoms with E-state index in [9.17, 15) is 4.39 Å². The molecule has 0 unspecified atom stereocenters. The molecule has 2 aliphatic carbocycles. The fraction of sp³-hybridized carbons (Fsp3) is 0.647. The normalized spacial score (nSPS) is 21.9. The van der Waals surface area contributed by atoms with E-state index in [1.165, 1.54) is 18.9 Å². The molecule has 116 valence electrons. The van der Waals surface area contributed by atoms with Crippen LogP contribution in [0.5, 0.6) is 5.75 Å². The summed E-state index contributed by atoms with van der Waals surface area (Å²) in [5.74, 6) is 0.615. The van der Waals surface area contributed by atoms with Gasteiger partial charge >= 0.3 is 0 Å². The number of halogens is 2. The van der Waals surface area contributed by atoms with Crippen LogP contribution in [0.3, 0.4) is 0 Å². The van der Waals surface area contributed by atoms with Crippen molar-refractivity contribution in [3.05, 3.63) is 28.0 Å². The number of hydrogen-bond acceptors (Lipinski definition) is 2. The topological polar surface area (TPSA) is 35.2 Å². The van der Waals surface area contributed by atoms with Gasteiger partial charge in [0.2, 0.25) is 0 Å². The minimum absolute atomic E-state index is 0.123. The quantitative estimate of drug-likeness (QED) is 0.850. The number of hydrogen-bond donors (Lipinski definition) is 1. The van der Waals surface area contributed by atoms with Gasteiger partial charge in [-0.3, -0.25) is 0 Å². The van der Waals surface area contributed by atoms with Crippen LogP contribution in [-0.4, -0.2) is 12.6 Å². The Bertz CT molecular complexity index is 510. The van der Waals surface area contributed by atoms with Crippen molar-refractivity contribution in [1.29, 1.82) is 0 Å². The van der Waals surface area contributed by atoms with E-state index in [0.29, 0.717) is 6.54 Å². The number of ether oxygens (including phenoxy) is 1. The lowest BCUT2D eigenvalue weighted by atomic mass is 9.69. The van der Waals surface area contributed by atoms with Gasteiger partial charge in [0.05, 0.1) is 10.6 Å². The van der Waals surface area contributed by atoms with Crippen molar-refractivity contribution in [2.75, 3.05) is 6.54 Å². The molecule has 1 aromatic rings. The van der Waals surface area contributed by atoms with Gasteiger partial charge in [0, 0.05) is 17.5 Å². The molecule has 0 radical (unpaired) electrons. The SMILES string of the molecule is NCC1(c2cc(F)cc(Br)c2OC2CCC2)CCCCC1. The first-order valence-electron chi connectivity index (χ1n) is 8.01. The lowest BCUT2D eigenvalue weighted by molar-refractivity contribution is 0.114. The van der Waals surface area contributed by atoms with Crippen LogP contribution in [0, 0.1) is 5.82 Å². The standard InChI is InChI=1S/C17H23BrFNO/c18-15-10-12(19)9-14(16(15)21-13-5-4-6-13)17(11-20)7-2-1-3-8-17/h9-10,13H,1-8,11,20H2. The predicted octanol–water partition coefficient (Wildman–Crippen LogP) is 4.68. The molecule has 0 aromatic heterocycles. The van der Waals surface area contributed by atoms with Gasteiger partial charge in [-0.1, -0.05) is 19.3 Å². The second-order valence-corrected chi connectivity index (χ2v) is 7.33. The summed E-state index contributed by atoms with van der Waals surface area (Å²) in [6.07, 6.45) is 9.32. The van der Waals surface area contributed by atoms with E-state index >= 15 is 0 Å². The van der Waals surface area contributed by atoms with Crippen LogP contribution in [0.15, 0.2) is 16.6 Å². The molecule has 0 bridgehead atoms. The van der Waals surface area contributed by atoms with Crippen molar-refractivity contribution in [2.45, 2.75) is 62.9 Å². The Balaban J connectivity index is 2.01. The van der Waals surface area contributed by atoms with E-state index in [2.05, 4.69) is 15.9 Å². The van der Waals surface area contributed by atoms with Gasteiger partial charge < -0.3 is 10.5 Å². The average Bonchev–Trinajstić information content (AvgIpc) is 2.44. The summed E-state index contributed by atoms with van der Waals surface area (Å²) in [4.78, 5) is 0. The summed E-state index contributed by atoms with van der Waals surface area (Å²) in [6, 6.07) is 3.15. The molecular formula is C17H23BrFNO. The van der Waals surface area contributed by atoms with Gasteiger partial charge in [-0.2, -0.15) is 0 Å². The molecule has 2 aliphatic rings. The second-order valence-electron chi connectivity index (χ2n) is 6.48. The van der Waals surface area contributed by atoms with Gasteiger partial charge in [-0.05, 0) is 60.2 Å². The van der Waals surface area contributed by atoms with Crippen LogP contribution in [0.1, 0.15) is 56.9 Å². The molecule has 2 fully saturated rings. The van der Waals surface area contributed by atoms with Crippen molar-refractivity contribution in [1.82, 2.24) is 0 Å². The summed E-state index contributed by atoms with van der Waals surface area (Å²) >= 11 is 3.49. The second kappa shape index (κ2) is 6.25. The Morgan fingerprint density at radius 3 is 2.48 bits per heavy atom. The Labute approximate surface area is 134 Å². The smallest absolute Gasteiger partial charge is 0.137 e. The van der Waals surface area contributed by atoms with Crippen LogP contribution < -0.4 is 10.5 Å². The van der Waals surface area contributed by atoms with Crippen LogP contribution in [0.4, 0.5) is 4.39 Å². The molecule has 21 heavy (non-hydrogen) atoms. The van der Waals surface area contributed by atoms with Crippen molar-refractivity contribution in [3.63, 3.8) is 0 Å². The van der Waals surface area contributed by atoms with E-state index < -0.39 is 0 Å². The van der Waals surface area contributed by atoms with Crippen molar-refractivity contribution in [3.8, 4) is 5.75 Å². The molecule has 0 amide bonds. The first-order chi connectivity index (χ1) is 10.1. The third-order valence-corrected chi connectivity index (χ3v) is 5.71. The number of nitrogens with two attached hydrogens (primary N) is 1. The minimum atomic E-state index is -0.212. The lowest BCUT2D eigenvalue weighted by Crippen LogP contribution is -2.38. The zero-order chi connectivity index (χ0) is 14.9. The summed E-state index contributed by atoms with van der Waals surface area (Å²) in [5, 5.41) is 0. The molecule has 0 heterocycles. The zero-order valence-electron chi connectivity index (χ0n) is 12.3. The van der Waals surface area contributed by atoms with Crippen molar-refractivity contribution < 1.29 is 9.13 Å². The molecular weight excluding hydrogens is 333 g/mol. The summed E-state index contributed by atoms with van der Waals surface area (Å²) < 4.78 is 20.9. The maximum atomic E-state index is 14.0. The molecule has 2 saturated carbocycles. The minimum Gasteiger partial charge on any atom is -0.489 e. The Kier molecular flexibility index (Phi) is 4.55. The fourth-order valence-corrected chi connectivity index (χ4v) is 4.07. The van der Waals surface area contributed by atoms with Crippen LogP contribution in [0.2, 0.25) is 0 Å². The van der Waals surface area contributed by atoms with Gasteiger partial charge in [-0.25, -0.2) is 4.39 Å². The van der Waals surface area contributed by atoms with Crippen LogP contribution in [0.25, 0.3) is 0 Å². The monoisotopic (exact) mass is 355 g/mol. The highest BCUT2D eigenvalue weighted by molar-refractivity contribution is 9.10. The third kappa shape index (κ3) is 2.98. The maximum absolute atomic E-state index is 14.0. The summed E-state index contributed by atoms with van der Waals surface area (Å²) in [5.41, 5.74) is 6.98. The molecule has 1 aromatic carbocycles. The maximum Gasteiger partial charge on any atom is 0.137 e. The highest BCUT2D eigenvalue weighted by Crippen LogP contribution is 2.46. The molecule has 3 rings (SSSR count). The first-order valence-corrected chi connectivity index (χ1v) is 8.80. The van der Waals surface area contributed by atoms with E-state index in [1.54, 1.807) is 6.07 Å². The third-order valence-electron chi connectivity index (χ3n) is 5.12. The predicted molar refractivity (Wildman–Crippen MR) is 86.2 cm³/mol. The fourth-order valence-electron chi connectivity index (χ4n) is 3.54. The number of rotatable bonds is 4. The number of benzene rings is 1. The van der Waals surface area contributed by atoms with Crippen molar-refractivity contribution in [2.24, 2.45) is 5.73 Å². The Hall–Kier alpha value is -0.610. The van der Waals surface area contributed by atoms with E-state index in [0.717, 1.165) is 54.3 Å². The van der Waals surface area contributed by atoms with Gasteiger partial charge in [-0.15, -0.1) is 0 Å². The molecule has 0 aliphatic heterocycles. The van der Waals surface area contributed by atoms with E-state index in [1.807, 2.05) is 0 Å². The Morgan fingerprint density at radius 2 is 1.90 bits per heavy atom. The zero-order valence-corrected chi connectivity index (χ0v) is 13.9. The summed E-state index contributed by atoms with van der Waals surface area (Å²) in [7, 11) is 0. The summed E-state index contributed by atoms with van der Waals surface area (Å²) in [6.45, 7) is 0.559. The van der Waals surface area contributed by atoms with Gasteiger partial charge in [0.1, 0.15) is 11.6 Å². The lowest BCUT2D eigenvalue weighted by Gasteiger charge is -2.39. The van der Waals surface area contributed by atoms with Gasteiger partial charge in [0.15, 0.2) is 0 Å². The highest BCUT2D eigenvalue weighted by Gasteiger charge is 2.37. The molecule has 0 saturated heterocycles.